The van der Waals surface area contributed by atoms with Gasteiger partial charge in [0, 0.05) is 23.9 Å². The van der Waals surface area contributed by atoms with Gasteiger partial charge < -0.3 is 0 Å². The second-order valence-electron chi connectivity index (χ2n) is 5.26. The number of nitrogens with one attached hydrogen (secondary N) is 1. The summed E-state index contributed by atoms with van der Waals surface area (Å²) in [6.07, 6.45) is 6.19. The minimum absolute atomic E-state index is 0.493. The van der Waals surface area contributed by atoms with Crippen molar-refractivity contribution in [3.63, 3.8) is 0 Å². The first-order valence-electron chi connectivity index (χ1n) is 7.06. The zero-order valence-corrected chi connectivity index (χ0v) is 12.6. The molecular weight excluding hydrogens is 268 g/mol. The van der Waals surface area contributed by atoms with Crippen LogP contribution in [0.1, 0.15) is 30.1 Å². The van der Waals surface area contributed by atoms with Gasteiger partial charge in [-0.3, -0.25) is 10.00 Å². The number of rotatable bonds is 4. The standard InChI is InChI=1S/C15H20N4S/c1-20-14-7-3-2-5-12(14)9-19-8-4-6-13(10-19)15-16-11-17-18-15/h2-3,5,7,11,13H,4,6,8-10H2,1H3,(H,16,17,18)/t13-/m0/s1. The summed E-state index contributed by atoms with van der Waals surface area (Å²) in [5, 5.41) is 7.00. The smallest absolute Gasteiger partial charge is 0.137 e. The van der Waals surface area contributed by atoms with Crippen LogP contribution in [0.2, 0.25) is 0 Å². The van der Waals surface area contributed by atoms with Crippen molar-refractivity contribution in [2.75, 3.05) is 19.3 Å². The molecule has 0 amide bonds. The maximum absolute atomic E-state index is 4.32. The summed E-state index contributed by atoms with van der Waals surface area (Å²) in [7, 11) is 0. The van der Waals surface area contributed by atoms with Gasteiger partial charge in [-0.05, 0) is 37.3 Å². The summed E-state index contributed by atoms with van der Waals surface area (Å²) >= 11 is 1.83. The number of hydrogen-bond acceptors (Lipinski definition) is 4. The first kappa shape index (κ1) is 13.6. The number of hydrogen-bond donors (Lipinski definition) is 1. The molecule has 2 heterocycles. The molecule has 20 heavy (non-hydrogen) atoms. The molecule has 1 fully saturated rings. The van der Waals surface area contributed by atoms with Crippen LogP contribution in [0.25, 0.3) is 0 Å². The maximum atomic E-state index is 4.32. The van der Waals surface area contributed by atoms with Crippen LogP contribution in [0.4, 0.5) is 0 Å². The zero-order chi connectivity index (χ0) is 13.8. The molecule has 0 saturated carbocycles. The Hall–Kier alpha value is -1.33. The number of benzene rings is 1. The Morgan fingerprint density at radius 3 is 3.10 bits per heavy atom. The van der Waals surface area contributed by atoms with Gasteiger partial charge in [0.25, 0.3) is 0 Å². The molecule has 5 heteroatoms. The first-order valence-corrected chi connectivity index (χ1v) is 8.29. The SMILES string of the molecule is CSc1ccccc1CN1CCC[C@H](c2ncn[nH]2)C1. The summed E-state index contributed by atoms with van der Waals surface area (Å²) in [5.41, 5.74) is 1.43. The number of aromatic amines is 1. The van der Waals surface area contributed by atoms with E-state index in [0.29, 0.717) is 5.92 Å². The predicted octanol–water partition coefficient (Wildman–Crippen LogP) is 2.91. The zero-order valence-electron chi connectivity index (χ0n) is 11.7. The van der Waals surface area contributed by atoms with Crippen molar-refractivity contribution < 1.29 is 0 Å². The molecule has 0 unspecified atom stereocenters. The predicted molar refractivity (Wildman–Crippen MR) is 81.9 cm³/mol. The fraction of sp³-hybridized carbons (Fsp3) is 0.467. The fourth-order valence-corrected chi connectivity index (χ4v) is 3.52. The van der Waals surface area contributed by atoms with Crippen molar-refractivity contribution in [2.24, 2.45) is 0 Å². The van der Waals surface area contributed by atoms with Crippen molar-refractivity contribution in [2.45, 2.75) is 30.2 Å². The van der Waals surface area contributed by atoms with Crippen LogP contribution in [0.3, 0.4) is 0 Å². The highest BCUT2D eigenvalue weighted by atomic mass is 32.2. The number of likely N-dealkylation sites (tertiary alicyclic amines) is 1. The Bertz CT molecular complexity index is 541. The van der Waals surface area contributed by atoms with Gasteiger partial charge in [0.15, 0.2) is 0 Å². The molecule has 1 aromatic heterocycles. The molecule has 0 bridgehead atoms. The first-order chi connectivity index (χ1) is 9.86. The lowest BCUT2D eigenvalue weighted by Gasteiger charge is -2.32. The molecule has 0 aliphatic carbocycles. The van der Waals surface area contributed by atoms with Crippen LogP contribution in [-0.4, -0.2) is 39.4 Å². The molecule has 106 valence electrons. The van der Waals surface area contributed by atoms with Gasteiger partial charge >= 0.3 is 0 Å². The van der Waals surface area contributed by atoms with E-state index in [0.717, 1.165) is 18.9 Å². The molecule has 2 aromatic rings. The summed E-state index contributed by atoms with van der Waals surface area (Å²) in [4.78, 5) is 8.23. The van der Waals surface area contributed by atoms with Crippen molar-refractivity contribution in [3.8, 4) is 0 Å². The summed E-state index contributed by atoms with van der Waals surface area (Å²) in [6, 6.07) is 8.69. The average Bonchev–Trinajstić information content (AvgIpc) is 3.02. The number of H-pyrrole nitrogens is 1. The van der Waals surface area contributed by atoms with Gasteiger partial charge in [-0.1, -0.05) is 18.2 Å². The molecule has 1 saturated heterocycles. The third-order valence-electron chi connectivity index (χ3n) is 3.91. The van der Waals surface area contributed by atoms with Crippen LogP contribution in [0.15, 0.2) is 35.5 Å². The van der Waals surface area contributed by atoms with E-state index in [-0.39, 0.29) is 0 Å². The Kier molecular flexibility index (Phi) is 4.38. The Labute approximate surface area is 124 Å². The molecule has 0 spiro atoms. The fourth-order valence-electron chi connectivity index (χ4n) is 2.91. The van der Waals surface area contributed by atoms with Gasteiger partial charge in [0.05, 0.1) is 0 Å². The topological polar surface area (TPSA) is 44.8 Å². The highest BCUT2D eigenvalue weighted by molar-refractivity contribution is 7.98. The molecule has 1 aliphatic heterocycles. The van der Waals surface area contributed by atoms with Gasteiger partial charge in [0.2, 0.25) is 0 Å². The van der Waals surface area contributed by atoms with E-state index in [1.54, 1.807) is 6.33 Å². The Balaban J connectivity index is 1.68. The van der Waals surface area contributed by atoms with Crippen LogP contribution in [0, 0.1) is 0 Å². The second kappa shape index (κ2) is 6.41. The third kappa shape index (κ3) is 3.04. The van der Waals surface area contributed by atoms with E-state index in [4.69, 9.17) is 0 Å². The van der Waals surface area contributed by atoms with Crippen LogP contribution in [0.5, 0.6) is 0 Å². The van der Waals surface area contributed by atoms with Crippen molar-refractivity contribution >= 4 is 11.8 Å². The number of thioether (sulfide) groups is 1. The van der Waals surface area contributed by atoms with Gasteiger partial charge in [-0.15, -0.1) is 11.8 Å². The number of piperidine rings is 1. The Morgan fingerprint density at radius 1 is 1.40 bits per heavy atom. The van der Waals surface area contributed by atoms with E-state index >= 15 is 0 Å². The molecular formula is C15H20N4S. The van der Waals surface area contributed by atoms with Crippen LogP contribution < -0.4 is 0 Å². The molecule has 1 aliphatic rings. The van der Waals surface area contributed by atoms with Crippen molar-refractivity contribution in [1.29, 1.82) is 0 Å². The molecule has 0 radical (unpaired) electrons. The summed E-state index contributed by atoms with van der Waals surface area (Å²) in [5.74, 6) is 1.53. The highest BCUT2D eigenvalue weighted by Gasteiger charge is 2.23. The summed E-state index contributed by atoms with van der Waals surface area (Å²) in [6.45, 7) is 3.27. The van der Waals surface area contributed by atoms with Gasteiger partial charge in [-0.25, -0.2) is 4.98 Å². The normalized spacial score (nSPS) is 20.1. The third-order valence-corrected chi connectivity index (χ3v) is 4.75. The molecule has 1 atom stereocenters. The molecule has 1 aromatic carbocycles. The molecule has 3 rings (SSSR count). The van der Waals surface area contributed by atoms with Crippen molar-refractivity contribution in [1.82, 2.24) is 20.1 Å². The molecule has 4 nitrogen and oxygen atoms in total. The number of nitrogens with zero attached hydrogens (tertiary/aromatic N) is 3. The molecule has 1 N–H and O–H groups in total. The van der Waals surface area contributed by atoms with Crippen molar-refractivity contribution in [3.05, 3.63) is 42.0 Å². The highest BCUT2D eigenvalue weighted by Crippen LogP contribution is 2.27. The van der Waals surface area contributed by atoms with Crippen LogP contribution in [-0.2, 0) is 6.54 Å². The average molecular weight is 288 g/mol. The lowest BCUT2D eigenvalue weighted by Crippen LogP contribution is -2.34. The quantitative estimate of drug-likeness (QED) is 0.879. The minimum Gasteiger partial charge on any atom is -0.298 e. The number of aromatic nitrogens is 3. The summed E-state index contributed by atoms with van der Waals surface area (Å²) < 4.78 is 0. The Morgan fingerprint density at radius 2 is 2.30 bits per heavy atom. The van der Waals surface area contributed by atoms with E-state index in [2.05, 4.69) is 50.6 Å². The van der Waals surface area contributed by atoms with E-state index in [1.807, 2.05) is 11.8 Å². The lowest BCUT2D eigenvalue weighted by atomic mass is 9.97. The van der Waals surface area contributed by atoms with Gasteiger partial charge in [0.1, 0.15) is 12.2 Å². The van der Waals surface area contributed by atoms with Crippen LogP contribution >= 0.6 is 11.8 Å². The van der Waals surface area contributed by atoms with E-state index in [1.165, 1.54) is 29.8 Å². The lowest BCUT2D eigenvalue weighted by molar-refractivity contribution is 0.195. The van der Waals surface area contributed by atoms with E-state index in [9.17, 15) is 0 Å². The monoisotopic (exact) mass is 288 g/mol. The van der Waals surface area contributed by atoms with Gasteiger partial charge in [-0.2, -0.15) is 5.10 Å². The maximum Gasteiger partial charge on any atom is 0.137 e. The largest absolute Gasteiger partial charge is 0.298 e. The second-order valence-corrected chi connectivity index (χ2v) is 6.10. The van der Waals surface area contributed by atoms with E-state index < -0.39 is 0 Å². The minimum atomic E-state index is 0.493.